The molecule has 40 valence electrons. The average Bonchev–Trinajstić information content (AvgIpc) is 2.47. The summed E-state index contributed by atoms with van der Waals surface area (Å²) in [6.45, 7) is 0. The summed E-state index contributed by atoms with van der Waals surface area (Å²) in [5.74, 6) is 0. The van der Waals surface area contributed by atoms with Gasteiger partial charge in [0, 0.05) is 0 Å². The van der Waals surface area contributed by atoms with Crippen LogP contribution in [0.5, 0.6) is 0 Å². The second-order valence-corrected chi connectivity index (χ2v) is 4.14. The summed E-state index contributed by atoms with van der Waals surface area (Å²) in [7, 11) is 0. The largest absolute Gasteiger partial charge is 1.00 e. The van der Waals surface area contributed by atoms with Crippen LogP contribution >= 0.6 is 31.9 Å². The molecule has 1 atom stereocenters. The Hall–Kier alpha value is 1.56. The molecule has 0 saturated heterocycles. The molecule has 0 aliphatic heterocycles. The second-order valence-electron chi connectivity index (χ2n) is 2.37. The van der Waals surface area contributed by atoms with E-state index in [1.807, 2.05) is 0 Å². The van der Waals surface area contributed by atoms with Crippen molar-refractivity contribution in [3.63, 3.8) is 0 Å². The standard InChI is InChI=1S/C5H5Br2.Li/c6-3-4(7)5(3)1-2-5;/h3H,1-2H2;/q-1;+1. The Kier molecular flexibility index (Phi) is 1.93. The molecule has 0 heterocycles. The average molecular weight is 232 g/mol. The summed E-state index contributed by atoms with van der Waals surface area (Å²) in [5.41, 5.74) is 0.667. The van der Waals surface area contributed by atoms with E-state index in [-0.39, 0.29) is 18.9 Å². The van der Waals surface area contributed by atoms with E-state index >= 15 is 0 Å². The van der Waals surface area contributed by atoms with E-state index < -0.39 is 0 Å². The molecular weight excluding hydrogens is 227 g/mol. The first-order valence-corrected chi connectivity index (χ1v) is 4.15. The Balaban J connectivity index is 0.000000320. The summed E-state index contributed by atoms with van der Waals surface area (Å²) in [6, 6.07) is 0. The molecule has 0 bridgehead atoms. The van der Waals surface area contributed by atoms with Crippen LogP contribution < -0.4 is 18.9 Å². The van der Waals surface area contributed by atoms with Gasteiger partial charge in [-0.1, -0.05) is 12.8 Å². The smallest absolute Gasteiger partial charge is 0.315 e. The Bertz CT molecular complexity index is 101. The minimum absolute atomic E-state index is 0. The van der Waals surface area contributed by atoms with Gasteiger partial charge in [0.2, 0.25) is 0 Å². The molecule has 2 aliphatic carbocycles. The summed E-state index contributed by atoms with van der Waals surface area (Å²) in [4.78, 5) is 2.22. The van der Waals surface area contributed by atoms with Gasteiger partial charge in [0.05, 0.1) is 0 Å². The van der Waals surface area contributed by atoms with Crippen molar-refractivity contribution in [1.29, 1.82) is 0 Å². The van der Waals surface area contributed by atoms with Gasteiger partial charge in [-0.05, 0) is 0 Å². The topological polar surface area (TPSA) is 0 Å². The fourth-order valence-electron chi connectivity index (χ4n) is 0.963. The third-order valence-corrected chi connectivity index (χ3v) is 5.08. The Morgan fingerprint density at radius 3 is 1.88 bits per heavy atom. The van der Waals surface area contributed by atoms with Gasteiger partial charge in [0.15, 0.2) is 0 Å². The molecule has 0 aromatic rings. The first-order chi connectivity index (χ1) is 3.27. The Morgan fingerprint density at radius 1 is 1.50 bits per heavy atom. The van der Waals surface area contributed by atoms with E-state index in [9.17, 15) is 0 Å². The third kappa shape index (κ3) is 0.769. The molecule has 2 aliphatic rings. The fourth-order valence-corrected chi connectivity index (χ4v) is 3.25. The number of alkyl halides is 1. The molecule has 8 heavy (non-hydrogen) atoms. The van der Waals surface area contributed by atoms with Gasteiger partial charge in [-0.25, -0.2) is 4.83 Å². The van der Waals surface area contributed by atoms with E-state index in [1.165, 1.54) is 17.7 Å². The van der Waals surface area contributed by atoms with Crippen LogP contribution in [0.25, 0.3) is 0 Å². The molecule has 1 spiro atoms. The van der Waals surface area contributed by atoms with Crippen molar-refractivity contribution in [1.82, 2.24) is 0 Å². The van der Waals surface area contributed by atoms with E-state index in [1.54, 1.807) is 0 Å². The molecule has 2 saturated carbocycles. The van der Waals surface area contributed by atoms with Crippen LogP contribution in [0.4, 0.5) is 0 Å². The molecule has 1 unspecified atom stereocenters. The second kappa shape index (κ2) is 2.02. The van der Waals surface area contributed by atoms with Crippen LogP contribution in [-0.4, -0.2) is 4.83 Å². The van der Waals surface area contributed by atoms with Gasteiger partial charge >= 0.3 is 18.9 Å². The molecule has 0 aromatic heterocycles. The van der Waals surface area contributed by atoms with Crippen molar-refractivity contribution in [3.8, 4) is 0 Å². The van der Waals surface area contributed by atoms with Crippen molar-refractivity contribution in [2.75, 3.05) is 0 Å². The number of halogens is 2. The van der Waals surface area contributed by atoms with Crippen LogP contribution in [0.2, 0.25) is 0 Å². The van der Waals surface area contributed by atoms with Crippen molar-refractivity contribution in [3.05, 3.63) is 4.83 Å². The fraction of sp³-hybridized carbons (Fsp3) is 0.800. The first kappa shape index (κ1) is 7.66. The molecule has 0 aromatic carbocycles. The number of hydrogen-bond donors (Lipinski definition) is 0. The minimum Gasteiger partial charge on any atom is -0.315 e. The normalized spacial score (nSPS) is 39.0. The van der Waals surface area contributed by atoms with Crippen molar-refractivity contribution >= 4 is 31.9 Å². The maximum Gasteiger partial charge on any atom is 1.00 e. The maximum absolute atomic E-state index is 3.55. The zero-order chi connectivity index (χ0) is 5.07. The van der Waals surface area contributed by atoms with Gasteiger partial charge < -0.3 is 15.9 Å². The number of rotatable bonds is 0. The zero-order valence-corrected chi connectivity index (χ0v) is 7.92. The summed E-state index contributed by atoms with van der Waals surface area (Å²) < 4.78 is 0. The minimum atomic E-state index is 0. The summed E-state index contributed by atoms with van der Waals surface area (Å²) in [5, 5.41) is 0. The van der Waals surface area contributed by atoms with Crippen LogP contribution in [0.3, 0.4) is 0 Å². The first-order valence-electron chi connectivity index (χ1n) is 2.44. The van der Waals surface area contributed by atoms with Gasteiger partial charge in [0.1, 0.15) is 0 Å². The van der Waals surface area contributed by atoms with Crippen LogP contribution in [0, 0.1) is 10.2 Å². The van der Waals surface area contributed by atoms with Crippen molar-refractivity contribution in [2.24, 2.45) is 5.41 Å². The van der Waals surface area contributed by atoms with Crippen LogP contribution in [0.15, 0.2) is 0 Å². The quantitative estimate of drug-likeness (QED) is 0.299. The predicted octanol–water partition coefficient (Wildman–Crippen LogP) is -0.525. The molecule has 0 amide bonds. The van der Waals surface area contributed by atoms with Gasteiger partial charge in [0.25, 0.3) is 0 Å². The third-order valence-electron chi connectivity index (χ3n) is 1.89. The molecule has 2 fully saturated rings. The monoisotopic (exact) mass is 230 g/mol. The van der Waals surface area contributed by atoms with E-state index in [4.69, 9.17) is 0 Å². The molecule has 0 nitrogen and oxygen atoms in total. The van der Waals surface area contributed by atoms with Crippen LogP contribution in [-0.2, 0) is 0 Å². The van der Waals surface area contributed by atoms with Crippen molar-refractivity contribution < 1.29 is 18.9 Å². The van der Waals surface area contributed by atoms with E-state index in [0.29, 0.717) is 5.41 Å². The molecule has 2 rings (SSSR count). The van der Waals surface area contributed by atoms with Gasteiger partial charge in [-0.3, -0.25) is 0 Å². The van der Waals surface area contributed by atoms with E-state index in [0.717, 1.165) is 4.83 Å². The Labute approximate surface area is 78.2 Å². The summed E-state index contributed by atoms with van der Waals surface area (Å²) in [6.07, 6.45) is 2.81. The maximum atomic E-state index is 3.55. The Morgan fingerprint density at radius 2 is 1.88 bits per heavy atom. The van der Waals surface area contributed by atoms with Gasteiger partial charge in [-0.15, -0.1) is 20.8 Å². The predicted molar refractivity (Wildman–Crippen MR) is 36.6 cm³/mol. The molecule has 3 heteroatoms. The SMILES string of the molecule is Br[C-]1C(Br)C12CC2.[Li+]. The zero-order valence-electron chi connectivity index (χ0n) is 4.75. The van der Waals surface area contributed by atoms with E-state index in [2.05, 4.69) is 31.9 Å². The number of hydrogen-bond acceptors (Lipinski definition) is 0. The van der Waals surface area contributed by atoms with Gasteiger partial charge in [-0.2, -0.15) is 5.41 Å². The molecule has 0 N–H and O–H groups in total. The van der Waals surface area contributed by atoms with Crippen molar-refractivity contribution in [2.45, 2.75) is 17.7 Å². The van der Waals surface area contributed by atoms with Crippen LogP contribution in [0.1, 0.15) is 12.8 Å². The molecule has 0 radical (unpaired) electrons. The molecular formula is C5H5Br2Li. The summed E-state index contributed by atoms with van der Waals surface area (Å²) >= 11 is 7.05.